The first-order chi connectivity index (χ1) is 8.11. The summed E-state index contributed by atoms with van der Waals surface area (Å²) in [6.45, 7) is 1.67. The molecular formula is C11H17F2N3O. The van der Waals surface area contributed by atoms with Crippen molar-refractivity contribution in [3.63, 3.8) is 0 Å². The number of nitrogen functional groups attached to an aromatic ring is 1. The molecule has 1 rings (SSSR count). The molecule has 0 atom stereocenters. The molecule has 0 aliphatic heterocycles. The van der Waals surface area contributed by atoms with E-state index >= 15 is 0 Å². The van der Waals surface area contributed by atoms with E-state index in [1.807, 2.05) is 6.92 Å². The van der Waals surface area contributed by atoms with Crippen molar-refractivity contribution in [3.8, 4) is 0 Å². The lowest BCUT2D eigenvalue weighted by Crippen LogP contribution is -2.10. The summed E-state index contributed by atoms with van der Waals surface area (Å²) in [6, 6.07) is 1.73. The third kappa shape index (κ3) is 5.53. The van der Waals surface area contributed by atoms with Crippen LogP contribution in [0, 0.1) is 0 Å². The minimum atomic E-state index is -2.44. The molecule has 1 aromatic rings. The molecule has 0 spiro atoms. The van der Waals surface area contributed by atoms with Gasteiger partial charge >= 0.3 is 0 Å². The van der Waals surface area contributed by atoms with Crippen molar-refractivity contribution in [1.29, 1.82) is 0 Å². The molecule has 1 aromatic heterocycles. The fourth-order valence-corrected chi connectivity index (χ4v) is 1.41. The summed E-state index contributed by atoms with van der Waals surface area (Å²) in [7, 11) is 0. The van der Waals surface area contributed by atoms with E-state index in [2.05, 4.69) is 9.97 Å². The molecule has 0 amide bonds. The molecule has 0 bridgehead atoms. The summed E-state index contributed by atoms with van der Waals surface area (Å²) >= 11 is 0. The van der Waals surface area contributed by atoms with Crippen molar-refractivity contribution in [3.05, 3.63) is 17.6 Å². The monoisotopic (exact) mass is 245 g/mol. The minimum absolute atomic E-state index is 0.180. The van der Waals surface area contributed by atoms with Crippen LogP contribution in [0.1, 0.15) is 24.9 Å². The third-order valence-electron chi connectivity index (χ3n) is 2.07. The average molecular weight is 245 g/mol. The zero-order valence-electron chi connectivity index (χ0n) is 9.83. The summed E-state index contributed by atoms with van der Waals surface area (Å²) in [6.07, 6.45) is -0.239. The molecule has 0 saturated carbocycles. The Bertz CT molecular complexity index is 347. The van der Waals surface area contributed by atoms with Crippen molar-refractivity contribution in [2.24, 2.45) is 0 Å². The zero-order valence-corrected chi connectivity index (χ0v) is 9.83. The fraction of sp³-hybridized carbons (Fsp3) is 0.636. The van der Waals surface area contributed by atoms with Gasteiger partial charge in [0.2, 0.25) is 0 Å². The Labute approximate surface area is 99.2 Å². The molecule has 0 aliphatic carbocycles. The van der Waals surface area contributed by atoms with Crippen LogP contribution in [0.2, 0.25) is 0 Å². The molecule has 17 heavy (non-hydrogen) atoms. The van der Waals surface area contributed by atoms with E-state index < -0.39 is 13.0 Å². The molecule has 0 radical (unpaired) electrons. The number of alkyl halides is 2. The largest absolute Gasteiger partial charge is 0.384 e. The van der Waals surface area contributed by atoms with Crippen LogP contribution < -0.4 is 5.73 Å². The molecule has 96 valence electrons. The first-order valence-corrected chi connectivity index (χ1v) is 5.60. The van der Waals surface area contributed by atoms with Crippen LogP contribution in [0.3, 0.4) is 0 Å². The van der Waals surface area contributed by atoms with E-state index in [1.165, 1.54) is 0 Å². The average Bonchev–Trinajstić information content (AvgIpc) is 2.24. The normalized spacial score (nSPS) is 11.1. The molecule has 4 nitrogen and oxygen atoms in total. The van der Waals surface area contributed by atoms with E-state index in [0.717, 1.165) is 18.5 Å². The number of ether oxygens (including phenoxy) is 1. The van der Waals surface area contributed by atoms with Gasteiger partial charge in [-0.3, -0.25) is 0 Å². The van der Waals surface area contributed by atoms with Gasteiger partial charge in [-0.05, 0) is 6.42 Å². The highest BCUT2D eigenvalue weighted by Gasteiger charge is 2.05. The number of aryl methyl sites for hydroxylation is 1. The second-order valence-electron chi connectivity index (χ2n) is 3.67. The molecule has 0 fully saturated rings. The van der Waals surface area contributed by atoms with E-state index in [4.69, 9.17) is 10.5 Å². The maximum Gasteiger partial charge on any atom is 0.261 e. The van der Waals surface area contributed by atoms with Crippen molar-refractivity contribution < 1.29 is 13.5 Å². The van der Waals surface area contributed by atoms with Crippen LogP contribution in [0.15, 0.2) is 6.07 Å². The Morgan fingerprint density at radius 1 is 1.35 bits per heavy atom. The van der Waals surface area contributed by atoms with Crippen molar-refractivity contribution in [2.45, 2.75) is 32.6 Å². The highest BCUT2D eigenvalue weighted by atomic mass is 19.3. The maximum absolute atomic E-state index is 11.8. The van der Waals surface area contributed by atoms with Gasteiger partial charge in [-0.2, -0.15) is 0 Å². The minimum Gasteiger partial charge on any atom is -0.384 e. The van der Waals surface area contributed by atoms with Gasteiger partial charge in [-0.1, -0.05) is 13.3 Å². The van der Waals surface area contributed by atoms with Crippen molar-refractivity contribution in [2.75, 3.05) is 18.9 Å². The smallest absolute Gasteiger partial charge is 0.261 e. The lowest BCUT2D eigenvalue weighted by atomic mass is 10.2. The number of halogens is 2. The van der Waals surface area contributed by atoms with Crippen LogP contribution in [0.25, 0.3) is 0 Å². The number of nitrogens with zero attached hydrogens (tertiary/aromatic N) is 2. The number of hydrogen-bond donors (Lipinski definition) is 1. The molecule has 0 unspecified atom stereocenters. The molecule has 1 heterocycles. The zero-order chi connectivity index (χ0) is 12.7. The first-order valence-electron chi connectivity index (χ1n) is 5.60. The SMILES string of the molecule is CCCc1cc(N)nc(CCOCC(F)F)n1. The predicted octanol–water partition coefficient (Wildman–Crippen LogP) is 1.84. The lowest BCUT2D eigenvalue weighted by Gasteiger charge is -2.06. The standard InChI is InChI=1S/C11H17F2N3O/c1-2-3-8-6-10(14)16-11(15-8)4-5-17-7-9(12)13/h6,9H,2-5,7H2,1H3,(H2,14,15,16). The Morgan fingerprint density at radius 2 is 2.12 bits per heavy atom. The van der Waals surface area contributed by atoms with E-state index in [-0.39, 0.29) is 6.61 Å². The summed E-state index contributed by atoms with van der Waals surface area (Å²) in [5.74, 6) is 0.954. The molecule has 0 aliphatic rings. The number of anilines is 1. The number of rotatable bonds is 7. The van der Waals surface area contributed by atoms with E-state index in [0.29, 0.717) is 18.1 Å². The van der Waals surface area contributed by atoms with Crippen LogP contribution in [0.5, 0.6) is 0 Å². The van der Waals surface area contributed by atoms with Gasteiger partial charge in [0.05, 0.1) is 6.61 Å². The van der Waals surface area contributed by atoms with Crippen molar-refractivity contribution >= 4 is 5.82 Å². The highest BCUT2D eigenvalue weighted by molar-refractivity contribution is 5.29. The van der Waals surface area contributed by atoms with Gasteiger partial charge in [-0.15, -0.1) is 0 Å². The van der Waals surface area contributed by atoms with Crippen molar-refractivity contribution in [1.82, 2.24) is 9.97 Å². The molecule has 0 saturated heterocycles. The maximum atomic E-state index is 11.8. The van der Waals surface area contributed by atoms with Gasteiger partial charge in [-0.25, -0.2) is 18.7 Å². The second kappa shape index (κ2) is 7.11. The number of hydrogen-bond acceptors (Lipinski definition) is 4. The van der Waals surface area contributed by atoms with Gasteiger partial charge in [0, 0.05) is 18.2 Å². The Kier molecular flexibility index (Phi) is 5.76. The molecule has 2 N–H and O–H groups in total. The topological polar surface area (TPSA) is 61.0 Å². The van der Waals surface area contributed by atoms with Gasteiger partial charge in [0.15, 0.2) is 0 Å². The summed E-state index contributed by atoms with van der Waals surface area (Å²) in [5.41, 5.74) is 6.51. The van der Waals surface area contributed by atoms with Gasteiger partial charge in [0.1, 0.15) is 18.2 Å². The predicted molar refractivity (Wildman–Crippen MR) is 61.0 cm³/mol. The Balaban J connectivity index is 2.46. The fourth-order valence-electron chi connectivity index (χ4n) is 1.41. The molecule has 6 heteroatoms. The van der Waals surface area contributed by atoms with Gasteiger partial charge in [0.25, 0.3) is 6.43 Å². The summed E-state index contributed by atoms with van der Waals surface area (Å²) in [5, 5.41) is 0. The number of aromatic nitrogens is 2. The summed E-state index contributed by atoms with van der Waals surface area (Å²) in [4.78, 5) is 8.31. The third-order valence-corrected chi connectivity index (χ3v) is 2.07. The quantitative estimate of drug-likeness (QED) is 0.744. The van der Waals surface area contributed by atoms with Crippen LogP contribution in [-0.4, -0.2) is 29.6 Å². The van der Waals surface area contributed by atoms with Crippen LogP contribution in [-0.2, 0) is 17.6 Å². The van der Waals surface area contributed by atoms with Gasteiger partial charge < -0.3 is 10.5 Å². The summed E-state index contributed by atoms with van der Waals surface area (Å²) < 4.78 is 28.4. The first kappa shape index (κ1) is 13.8. The lowest BCUT2D eigenvalue weighted by molar-refractivity contribution is 0.0183. The molecule has 0 aromatic carbocycles. The molecular weight excluding hydrogens is 228 g/mol. The highest BCUT2D eigenvalue weighted by Crippen LogP contribution is 2.06. The van der Waals surface area contributed by atoms with E-state index in [1.54, 1.807) is 6.07 Å². The van der Waals surface area contributed by atoms with E-state index in [9.17, 15) is 8.78 Å². The van der Waals surface area contributed by atoms with Crippen LogP contribution >= 0.6 is 0 Å². The Hall–Kier alpha value is -1.30. The number of nitrogens with two attached hydrogens (primary N) is 1. The second-order valence-corrected chi connectivity index (χ2v) is 3.67. The Morgan fingerprint density at radius 3 is 2.76 bits per heavy atom. The van der Waals surface area contributed by atoms with Crippen LogP contribution in [0.4, 0.5) is 14.6 Å².